The zero-order valence-electron chi connectivity index (χ0n) is 13.8. The maximum atomic E-state index is 12.1. The number of rotatable bonds is 8. The van der Waals surface area contributed by atoms with Crippen LogP contribution in [0.4, 0.5) is 0 Å². The van der Waals surface area contributed by atoms with E-state index in [2.05, 4.69) is 5.32 Å². The Kier molecular flexibility index (Phi) is 6.69. The maximum absolute atomic E-state index is 12.1. The molecular weight excluding hydrogens is 266 g/mol. The maximum Gasteiger partial charge on any atom is 0.326 e. The molecule has 0 bridgehead atoms. The number of aryl methyl sites for hydroxylation is 2. The second-order valence-electron chi connectivity index (χ2n) is 5.40. The summed E-state index contributed by atoms with van der Waals surface area (Å²) >= 11 is 0. The number of hydrogen-bond acceptors (Lipinski definition) is 4. The van der Waals surface area contributed by atoms with Crippen LogP contribution in [0.3, 0.4) is 0 Å². The molecule has 1 N–H and O–H groups in total. The van der Waals surface area contributed by atoms with Gasteiger partial charge in [0, 0.05) is 6.42 Å². The van der Waals surface area contributed by atoms with Crippen LogP contribution < -0.4 is 10.1 Å². The number of carbonyl (C=O) groups excluding carboxylic acids is 1. The van der Waals surface area contributed by atoms with E-state index in [4.69, 9.17) is 9.47 Å². The summed E-state index contributed by atoms with van der Waals surface area (Å²) in [6.45, 7) is 11.3. The van der Waals surface area contributed by atoms with Crippen molar-refractivity contribution in [3.63, 3.8) is 0 Å². The summed E-state index contributed by atoms with van der Waals surface area (Å²) in [7, 11) is 0. The molecule has 1 rings (SSSR count). The fourth-order valence-electron chi connectivity index (χ4n) is 2.33. The minimum atomic E-state index is -0.707. The van der Waals surface area contributed by atoms with E-state index in [1.54, 1.807) is 0 Å². The van der Waals surface area contributed by atoms with Crippen LogP contribution in [0.1, 0.15) is 38.3 Å². The van der Waals surface area contributed by atoms with Crippen LogP contribution in [0.15, 0.2) is 18.2 Å². The number of carbonyl (C=O) groups is 1. The standard InChI is InChI=1S/C17H27NO3/c1-6-18-17(5,16(19)20-7-2)11-12-21-15-13(3)9-8-10-14(15)4/h8-10,18H,6-7,11-12H2,1-5H3. The molecule has 0 aliphatic carbocycles. The first-order valence-corrected chi connectivity index (χ1v) is 7.56. The van der Waals surface area contributed by atoms with Crippen molar-refractivity contribution in [3.8, 4) is 5.75 Å². The monoisotopic (exact) mass is 293 g/mol. The minimum absolute atomic E-state index is 0.225. The third-order valence-electron chi connectivity index (χ3n) is 3.55. The number of para-hydroxylation sites is 1. The molecule has 0 saturated carbocycles. The molecule has 4 heteroatoms. The van der Waals surface area contributed by atoms with Gasteiger partial charge < -0.3 is 14.8 Å². The van der Waals surface area contributed by atoms with Gasteiger partial charge in [-0.25, -0.2) is 0 Å². The molecule has 0 aliphatic heterocycles. The average Bonchev–Trinajstić information content (AvgIpc) is 2.42. The van der Waals surface area contributed by atoms with Crippen molar-refractivity contribution in [2.45, 2.75) is 46.6 Å². The predicted molar refractivity (Wildman–Crippen MR) is 84.7 cm³/mol. The molecule has 21 heavy (non-hydrogen) atoms. The average molecular weight is 293 g/mol. The largest absolute Gasteiger partial charge is 0.493 e. The number of nitrogens with one attached hydrogen (secondary N) is 1. The Balaban J connectivity index is 2.68. The van der Waals surface area contributed by atoms with Gasteiger partial charge in [-0.3, -0.25) is 4.79 Å². The van der Waals surface area contributed by atoms with Crippen molar-refractivity contribution in [1.29, 1.82) is 0 Å². The number of hydrogen-bond donors (Lipinski definition) is 1. The van der Waals surface area contributed by atoms with Crippen LogP contribution in [0.5, 0.6) is 5.75 Å². The second kappa shape index (κ2) is 8.03. The molecule has 0 fully saturated rings. The van der Waals surface area contributed by atoms with Gasteiger partial charge >= 0.3 is 5.97 Å². The lowest BCUT2D eigenvalue weighted by Gasteiger charge is -2.28. The third-order valence-corrected chi connectivity index (χ3v) is 3.55. The van der Waals surface area contributed by atoms with Gasteiger partial charge in [-0.15, -0.1) is 0 Å². The Hall–Kier alpha value is -1.55. The first-order valence-electron chi connectivity index (χ1n) is 7.56. The summed E-state index contributed by atoms with van der Waals surface area (Å²) in [6.07, 6.45) is 0.563. The van der Waals surface area contributed by atoms with Crippen molar-refractivity contribution < 1.29 is 14.3 Å². The van der Waals surface area contributed by atoms with Crippen molar-refractivity contribution in [1.82, 2.24) is 5.32 Å². The van der Waals surface area contributed by atoms with E-state index in [1.807, 2.05) is 52.8 Å². The molecular formula is C17H27NO3. The molecule has 0 radical (unpaired) electrons. The molecule has 0 saturated heterocycles. The Labute approximate surface area is 127 Å². The number of benzene rings is 1. The van der Waals surface area contributed by atoms with Crippen molar-refractivity contribution in [2.24, 2.45) is 0 Å². The van der Waals surface area contributed by atoms with E-state index in [1.165, 1.54) is 0 Å². The molecule has 4 nitrogen and oxygen atoms in total. The fourth-order valence-corrected chi connectivity index (χ4v) is 2.33. The normalized spacial score (nSPS) is 13.6. The predicted octanol–water partition coefficient (Wildman–Crippen LogP) is 3.00. The van der Waals surface area contributed by atoms with Crippen LogP contribution >= 0.6 is 0 Å². The summed E-state index contributed by atoms with van der Waals surface area (Å²) in [6, 6.07) is 6.06. The van der Waals surface area contributed by atoms with Gasteiger partial charge in [0.15, 0.2) is 0 Å². The summed E-state index contributed by atoms with van der Waals surface area (Å²) in [5.41, 5.74) is 1.51. The molecule has 0 spiro atoms. The van der Waals surface area contributed by atoms with Crippen molar-refractivity contribution in [3.05, 3.63) is 29.3 Å². The fraction of sp³-hybridized carbons (Fsp3) is 0.588. The van der Waals surface area contributed by atoms with E-state index in [0.29, 0.717) is 26.2 Å². The highest BCUT2D eigenvalue weighted by Crippen LogP contribution is 2.23. The van der Waals surface area contributed by atoms with Gasteiger partial charge in [-0.1, -0.05) is 25.1 Å². The highest BCUT2D eigenvalue weighted by atomic mass is 16.5. The highest BCUT2D eigenvalue weighted by Gasteiger charge is 2.33. The van der Waals surface area contributed by atoms with Gasteiger partial charge in [0.1, 0.15) is 11.3 Å². The van der Waals surface area contributed by atoms with Crippen LogP contribution in [0, 0.1) is 13.8 Å². The van der Waals surface area contributed by atoms with Gasteiger partial charge in [-0.05, 0) is 45.4 Å². The first-order chi connectivity index (χ1) is 9.94. The zero-order chi connectivity index (χ0) is 15.9. The summed E-state index contributed by atoms with van der Waals surface area (Å²) in [4.78, 5) is 12.1. The van der Waals surface area contributed by atoms with Crippen LogP contribution in [0.25, 0.3) is 0 Å². The lowest BCUT2D eigenvalue weighted by atomic mass is 9.98. The number of likely N-dealkylation sites (N-methyl/N-ethyl adjacent to an activating group) is 1. The molecule has 1 aromatic rings. The number of ether oxygens (including phenoxy) is 2. The molecule has 118 valence electrons. The van der Waals surface area contributed by atoms with Gasteiger partial charge in [-0.2, -0.15) is 0 Å². The summed E-state index contributed by atoms with van der Waals surface area (Å²) in [5, 5.41) is 3.20. The molecule has 1 atom stereocenters. The van der Waals surface area contributed by atoms with Crippen LogP contribution in [0.2, 0.25) is 0 Å². The van der Waals surface area contributed by atoms with E-state index >= 15 is 0 Å². The Morgan fingerprint density at radius 2 is 1.86 bits per heavy atom. The zero-order valence-corrected chi connectivity index (χ0v) is 13.8. The van der Waals surface area contributed by atoms with Gasteiger partial charge in [0.05, 0.1) is 13.2 Å². The van der Waals surface area contributed by atoms with Crippen LogP contribution in [-0.4, -0.2) is 31.3 Å². The highest BCUT2D eigenvalue weighted by molar-refractivity contribution is 5.80. The van der Waals surface area contributed by atoms with E-state index in [9.17, 15) is 4.79 Å². The topological polar surface area (TPSA) is 47.6 Å². The van der Waals surface area contributed by atoms with Crippen molar-refractivity contribution >= 4 is 5.97 Å². The van der Waals surface area contributed by atoms with E-state index in [-0.39, 0.29) is 5.97 Å². The van der Waals surface area contributed by atoms with Crippen LogP contribution in [-0.2, 0) is 9.53 Å². The lowest BCUT2D eigenvalue weighted by Crippen LogP contribution is -2.51. The number of esters is 1. The smallest absolute Gasteiger partial charge is 0.326 e. The summed E-state index contributed by atoms with van der Waals surface area (Å²) < 4.78 is 11.0. The third kappa shape index (κ3) is 4.74. The van der Waals surface area contributed by atoms with E-state index in [0.717, 1.165) is 16.9 Å². The summed E-state index contributed by atoms with van der Waals surface area (Å²) in [5.74, 6) is 0.678. The molecule has 0 heterocycles. The molecule has 0 aliphatic rings. The van der Waals surface area contributed by atoms with E-state index < -0.39 is 5.54 Å². The van der Waals surface area contributed by atoms with Gasteiger partial charge in [0.2, 0.25) is 0 Å². The molecule has 0 aromatic heterocycles. The Morgan fingerprint density at radius 1 is 1.24 bits per heavy atom. The Bertz CT molecular complexity index is 453. The molecule has 1 aromatic carbocycles. The molecule has 1 unspecified atom stereocenters. The van der Waals surface area contributed by atoms with Crippen molar-refractivity contribution in [2.75, 3.05) is 19.8 Å². The lowest BCUT2D eigenvalue weighted by molar-refractivity contribution is -0.151. The second-order valence-corrected chi connectivity index (χ2v) is 5.40. The minimum Gasteiger partial charge on any atom is -0.493 e. The molecule has 0 amide bonds. The quantitative estimate of drug-likeness (QED) is 0.749. The Morgan fingerprint density at radius 3 is 2.38 bits per heavy atom. The SMILES string of the molecule is CCNC(C)(CCOc1c(C)cccc1C)C(=O)OCC. The van der Waals surface area contributed by atoms with Gasteiger partial charge in [0.25, 0.3) is 0 Å². The first kappa shape index (κ1) is 17.5.